The number of dihydropyridines is 1. The summed E-state index contributed by atoms with van der Waals surface area (Å²) in [6.07, 6.45) is 2.97. The second-order valence-corrected chi connectivity index (χ2v) is 10.4. The fraction of sp³-hybridized carbons (Fsp3) is 0.355. The molecule has 1 aliphatic carbocycles. The van der Waals surface area contributed by atoms with Crippen LogP contribution in [0.5, 0.6) is 17.2 Å². The molecule has 0 radical (unpaired) electrons. The van der Waals surface area contributed by atoms with E-state index in [9.17, 15) is 9.59 Å². The van der Waals surface area contributed by atoms with Crippen LogP contribution in [0.15, 0.2) is 53.0 Å². The smallest absolute Gasteiger partial charge is 0.188 e. The van der Waals surface area contributed by atoms with Crippen LogP contribution in [0.1, 0.15) is 42.0 Å². The lowest BCUT2D eigenvalue weighted by atomic mass is 9.73. The van der Waals surface area contributed by atoms with Crippen LogP contribution in [0, 0.1) is 5.92 Å². The highest BCUT2D eigenvalue weighted by atomic mass is 35.5. The van der Waals surface area contributed by atoms with Crippen LogP contribution in [-0.4, -0.2) is 67.7 Å². The number of ether oxygens (including phenoxy) is 3. The van der Waals surface area contributed by atoms with Gasteiger partial charge in [0.2, 0.25) is 0 Å². The molecule has 0 saturated carbocycles. The minimum absolute atomic E-state index is 0. The minimum Gasteiger partial charge on any atom is -0.497 e. The first-order valence-electron chi connectivity index (χ1n) is 13.3. The lowest BCUT2D eigenvalue weighted by Gasteiger charge is -2.32. The molecular weight excluding hydrogens is 579 g/mol. The third-order valence-corrected chi connectivity index (χ3v) is 7.49. The van der Waals surface area contributed by atoms with E-state index in [-0.39, 0.29) is 36.4 Å². The number of halogens is 2. The summed E-state index contributed by atoms with van der Waals surface area (Å²) in [5.41, 5.74) is 3.03. The molecule has 9 nitrogen and oxygen atoms in total. The average Bonchev–Trinajstić information content (AvgIpc) is 3.42. The fourth-order valence-electron chi connectivity index (χ4n) is 5.19. The van der Waals surface area contributed by atoms with Gasteiger partial charge in [0.05, 0.1) is 27.2 Å². The molecule has 2 N–H and O–H groups in total. The van der Waals surface area contributed by atoms with Gasteiger partial charge < -0.3 is 24.5 Å². The van der Waals surface area contributed by atoms with E-state index in [4.69, 9.17) is 19.2 Å². The zero-order valence-corrected chi connectivity index (χ0v) is 25.9. The second-order valence-electron chi connectivity index (χ2n) is 10.4. The molecule has 0 bridgehead atoms. The van der Waals surface area contributed by atoms with Crippen molar-refractivity contribution in [2.24, 2.45) is 10.9 Å². The number of ketones is 2. The van der Waals surface area contributed by atoms with E-state index in [2.05, 4.69) is 15.3 Å². The van der Waals surface area contributed by atoms with Gasteiger partial charge in [0.1, 0.15) is 28.5 Å². The van der Waals surface area contributed by atoms with Crippen molar-refractivity contribution in [3.63, 3.8) is 0 Å². The molecule has 42 heavy (non-hydrogen) atoms. The number of nitrogens with zero attached hydrogens (tertiary/aromatic N) is 2. The lowest BCUT2D eigenvalue weighted by molar-refractivity contribution is -0.119. The molecule has 2 heterocycles. The number of aromatic nitrogens is 2. The Labute approximate surface area is 258 Å². The number of rotatable bonds is 10. The molecule has 2 aromatic carbocycles. The summed E-state index contributed by atoms with van der Waals surface area (Å²) in [6.45, 7) is 4.84. The Kier molecular flexibility index (Phi) is 10.6. The van der Waals surface area contributed by atoms with Crippen molar-refractivity contribution in [3.8, 4) is 28.6 Å². The molecule has 3 aromatic rings. The van der Waals surface area contributed by atoms with Crippen LogP contribution in [0.25, 0.3) is 17.0 Å². The third-order valence-electron chi connectivity index (χ3n) is 7.49. The van der Waals surface area contributed by atoms with E-state index in [1.165, 1.54) is 0 Å². The van der Waals surface area contributed by atoms with Crippen LogP contribution in [0.4, 0.5) is 0 Å². The van der Waals surface area contributed by atoms with Crippen LogP contribution in [0.3, 0.4) is 0 Å². The number of carbonyl (C=O) groups is 2. The van der Waals surface area contributed by atoms with Crippen LogP contribution in [-0.2, 0) is 11.2 Å². The Bertz CT molecular complexity index is 1510. The van der Waals surface area contributed by atoms with Crippen LogP contribution < -0.4 is 19.5 Å². The summed E-state index contributed by atoms with van der Waals surface area (Å²) in [5.74, 6) is 1.83. The number of hydrogen-bond donors (Lipinski definition) is 2. The SMILES string of the molecule is COc1ccc(-c2nc3c([nH]2)C(=O)C(CCNCCc2ccc(OC)c(OC)c2)C2=C3C=NC(C)(C)C2=O)cc1.Cl.Cl. The van der Waals surface area contributed by atoms with Gasteiger partial charge in [-0.1, -0.05) is 6.07 Å². The van der Waals surface area contributed by atoms with E-state index in [0.717, 1.165) is 23.3 Å². The number of carbonyl (C=O) groups excluding carboxylic acids is 2. The molecule has 5 rings (SSSR count). The number of benzene rings is 2. The van der Waals surface area contributed by atoms with E-state index >= 15 is 0 Å². The summed E-state index contributed by atoms with van der Waals surface area (Å²) in [5, 5.41) is 3.44. The number of Topliss-reactive ketones (excluding diaryl/α,β-unsaturated/α-hetero) is 2. The van der Waals surface area contributed by atoms with E-state index < -0.39 is 11.5 Å². The highest BCUT2D eigenvalue weighted by Crippen LogP contribution is 2.41. The maximum absolute atomic E-state index is 13.8. The molecule has 1 aliphatic heterocycles. The highest BCUT2D eigenvalue weighted by molar-refractivity contribution is 6.30. The van der Waals surface area contributed by atoms with Gasteiger partial charge in [-0.2, -0.15) is 0 Å². The zero-order valence-electron chi connectivity index (χ0n) is 24.3. The summed E-state index contributed by atoms with van der Waals surface area (Å²) in [7, 11) is 4.84. The predicted octanol–water partition coefficient (Wildman–Crippen LogP) is 5.17. The van der Waals surface area contributed by atoms with Gasteiger partial charge in [-0.3, -0.25) is 14.6 Å². The van der Waals surface area contributed by atoms with Gasteiger partial charge in [-0.15, -0.1) is 24.8 Å². The summed E-state index contributed by atoms with van der Waals surface area (Å²) < 4.78 is 16.0. The number of H-pyrrole nitrogens is 1. The molecular formula is C31H36Cl2N4O5. The van der Waals surface area contributed by atoms with Crippen LogP contribution in [0.2, 0.25) is 0 Å². The molecule has 0 spiro atoms. The van der Waals surface area contributed by atoms with Gasteiger partial charge in [-0.05, 0) is 81.7 Å². The Morgan fingerprint density at radius 2 is 1.64 bits per heavy atom. The fourth-order valence-corrected chi connectivity index (χ4v) is 5.19. The Morgan fingerprint density at radius 1 is 0.929 bits per heavy atom. The summed E-state index contributed by atoms with van der Waals surface area (Å²) in [4.78, 5) is 39.9. The normalized spacial score (nSPS) is 16.6. The molecule has 1 aromatic heterocycles. The van der Waals surface area contributed by atoms with Gasteiger partial charge in [0.15, 0.2) is 23.1 Å². The van der Waals surface area contributed by atoms with Gasteiger partial charge in [0.25, 0.3) is 0 Å². The Morgan fingerprint density at radius 3 is 2.31 bits per heavy atom. The van der Waals surface area contributed by atoms with Crippen molar-refractivity contribution >= 4 is 48.2 Å². The average molecular weight is 616 g/mol. The number of aliphatic imine (C=N–C) groups is 1. The van der Waals surface area contributed by atoms with Gasteiger partial charge in [0, 0.05) is 22.9 Å². The molecule has 1 unspecified atom stereocenters. The van der Waals surface area contributed by atoms with Crippen molar-refractivity contribution < 1.29 is 23.8 Å². The molecule has 11 heteroatoms. The molecule has 0 saturated heterocycles. The number of methoxy groups -OCH3 is 3. The Hall–Kier alpha value is -3.66. The first kappa shape index (κ1) is 32.8. The largest absolute Gasteiger partial charge is 0.497 e. The molecule has 0 amide bonds. The van der Waals surface area contributed by atoms with Gasteiger partial charge in [-0.25, -0.2) is 4.98 Å². The topological polar surface area (TPSA) is 115 Å². The van der Waals surface area contributed by atoms with E-state index in [0.29, 0.717) is 59.4 Å². The zero-order chi connectivity index (χ0) is 28.4. The van der Waals surface area contributed by atoms with Crippen molar-refractivity contribution in [1.29, 1.82) is 0 Å². The summed E-state index contributed by atoms with van der Waals surface area (Å²) >= 11 is 0. The van der Waals surface area contributed by atoms with E-state index in [1.54, 1.807) is 41.4 Å². The number of fused-ring (bicyclic) bond motifs is 2. The number of nitrogens with one attached hydrogen (secondary N) is 2. The van der Waals surface area contributed by atoms with Crippen molar-refractivity contribution in [2.45, 2.75) is 32.2 Å². The van der Waals surface area contributed by atoms with E-state index in [1.807, 2.05) is 42.5 Å². The standard InChI is InChI=1S/C31H34N4O5.2ClH/c1-31(2)29(37)25-21(13-15-32-14-12-18-6-11-23(39-4)24(16-18)40-5)28(36)27-26(22(25)17-33-31)34-30(35-27)19-7-9-20(38-3)10-8-19;;/h6-11,16-17,21,32H,12-15H2,1-5H3,(H,34,35);2*1H. The molecule has 0 fully saturated rings. The highest BCUT2D eigenvalue weighted by Gasteiger charge is 2.45. The minimum atomic E-state index is -0.926. The lowest BCUT2D eigenvalue weighted by Crippen LogP contribution is -2.41. The second kappa shape index (κ2) is 13.5. The van der Waals surface area contributed by atoms with Crippen molar-refractivity contribution in [3.05, 3.63) is 65.0 Å². The quantitative estimate of drug-likeness (QED) is 0.303. The number of aromatic amines is 1. The maximum atomic E-state index is 13.8. The van der Waals surface area contributed by atoms with Crippen molar-refractivity contribution in [1.82, 2.24) is 15.3 Å². The predicted molar refractivity (Wildman–Crippen MR) is 168 cm³/mol. The number of allylic oxidation sites excluding steroid dienone is 1. The molecule has 2 aliphatic rings. The maximum Gasteiger partial charge on any atom is 0.188 e. The monoisotopic (exact) mass is 614 g/mol. The van der Waals surface area contributed by atoms with Gasteiger partial charge >= 0.3 is 0 Å². The Balaban J connectivity index is 0.00000242. The molecule has 224 valence electrons. The first-order valence-corrected chi connectivity index (χ1v) is 13.3. The van der Waals surface area contributed by atoms with Crippen molar-refractivity contribution in [2.75, 3.05) is 34.4 Å². The number of hydrogen-bond acceptors (Lipinski definition) is 8. The number of imidazole rings is 1. The van der Waals surface area contributed by atoms with Crippen LogP contribution >= 0.6 is 24.8 Å². The first-order chi connectivity index (χ1) is 19.3. The summed E-state index contributed by atoms with van der Waals surface area (Å²) in [6, 6.07) is 13.3. The third kappa shape index (κ3) is 6.23. The molecule has 1 atom stereocenters.